The van der Waals surface area contributed by atoms with Gasteiger partial charge in [-0.25, -0.2) is 0 Å². The van der Waals surface area contributed by atoms with E-state index in [4.69, 9.17) is 0 Å². The highest BCUT2D eigenvalue weighted by Crippen LogP contribution is 2.22. The van der Waals surface area contributed by atoms with E-state index < -0.39 is 0 Å². The van der Waals surface area contributed by atoms with E-state index in [1.807, 2.05) is 18.2 Å². The van der Waals surface area contributed by atoms with Crippen LogP contribution in [-0.2, 0) is 0 Å². The van der Waals surface area contributed by atoms with Crippen molar-refractivity contribution in [3.63, 3.8) is 0 Å². The van der Waals surface area contributed by atoms with Crippen molar-refractivity contribution in [2.45, 2.75) is 52.0 Å². The van der Waals surface area contributed by atoms with Crippen LogP contribution in [0.5, 0.6) is 0 Å². The lowest BCUT2D eigenvalue weighted by atomic mass is 9.94. The van der Waals surface area contributed by atoms with Gasteiger partial charge in [0.1, 0.15) is 0 Å². The number of hydrogen-bond donors (Lipinski definition) is 0. The molecule has 0 N–H and O–H groups in total. The van der Waals surface area contributed by atoms with Gasteiger partial charge in [-0.2, -0.15) is 0 Å². The van der Waals surface area contributed by atoms with Crippen molar-refractivity contribution in [1.29, 1.82) is 0 Å². The minimum absolute atomic E-state index is 0.729. The molecule has 0 amide bonds. The molecule has 2 rings (SSSR count). The van der Waals surface area contributed by atoms with E-state index in [1.54, 1.807) is 0 Å². The van der Waals surface area contributed by atoms with Crippen LogP contribution in [0, 0.1) is 11.8 Å². The van der Waals surface area contributed by atoms with E-state index >= 15 is 0 Å². The van der Waals surface area contributed by atoms with Crippen LogP contribution in [0.2, 0.25) is 0 Å². The Morgan fingerprint density at radius 1 is 1.05 bits per heavy atom. The van der Waals surface area contributed by atoms with Crippen molar-refractivity contribution >= 4 is 0 Å². The predicted octanol–water partition coefficient (Wildman–Crippen LogP) is 4.64. The molecule has 0 aromatic heterocycles. The van der Waals surface area contributed by atoms with Crippen LogP contribution in [0.25, 0.3) is 0 Å². The van der Waals surface area contributed by atoms with Gasteiger partial charge in [-0.15, -0.1) is 0 Å². The summed E-state index contributed by atoms with van der Waals surface area (Å²) in [5, 5.41) is 0. The third-order valence-corrected chi connectivity index (χ3v) is 4.06. The number of rotatable bonds is 5. The first-order valence-corrected chi connectivity index (χ1v) is 8.33. The lowest BCUT2D eigenvalue weighted by molar-refractivity contribution is 0.184. The van der Waals surface area contributed by atoms with Crippen molar-refractivity contribution in [1.82, 2.24) is 4.90 Å². The van der Waals surface area contributed by atoms with Crippen LogP contribution >= 0.6 is 0 Å². The lowest BCUT2D eigenvalue weighted by Crippen LogP contribution is -2.37. The van der Waals surface area contributed by atoms with Crippen LogP contribution in [0.3, 0.4) is 0 Å². The maximum atomic E-state index is 3.35. The van der Waals surface area contributed by atoms with Crippen LogP contribution in [0.1, 0.15) is 51.5 Å². The SMILES string of the molecule is CCCN(CCC)[C@H]1CC=C(C#Cc2ccccc2)CC1. The predicted molar refractivity (Wildman–Crippen MR) is 91.2 cm³/mol. The Labute approximate surface area is 130 Å². The smallest absolute Gasteiger partial charge is 0.0248 e. The summed E-state index contributed by atoms with van der Waals surface area (Å²) in [5.74, 6) is 6.63. The maximum absolute atomic E-state index is 3.35. The van der Waals surface area contributed by atoms with E-state index in [0.717, 1.165) is 18.0 Å². The van der Waals surface area contributed by atoms with Gasteiger partial charge in [0.05, 0.1) is 0 Å². The summed E-state index contributed by atoms with van der Waals surface area (Å²) >= 11 is 0. The van der Waals surface area contributed by atoms with Crippen molar-refractivity contribution < 1.29 is 0 Å². The Bertz CT molecular complexity index is 498. The molecule has 0 saturated heterocycles. The van der Waals surface area contributed by atoms with Gasteiger partial charge in [0.25, 0.3) is 0 Å². The molecule has 0 heterocycles. The molecule has 0 aliphatic heterocycles. The maximum Gasteiger partial charge on any atom is 0.0248 e. The Morgan fingerprint density at radius 3 is 2.33 bits per heavy atom. The fourth-order valence-corrected chi connectivity index (χ4v) is 2.99. The first-order valence-electron chi connectivity index (χ1n) is 8.33. The summed E-state index contributed by atoms with van der Waals surface area (Å²) < 4.78 is 0. The standard InChI is InChI=1S/C20H27N/c1-3-16-21(17-4-2)20-14-12-19(13-15-20)11-10-18-8-6-5-7-9-18/h5-9,12,20H,3-4,13-17H2,1-2H3/t20-/m0/s1. The molecule has 0 unspecified atom stereocenters. The summed E-state index contributed by atoms with van der Waals surface area (Å²) in [6.45, 7) is 7.02. The van der Waals surface area contributed by atoms with Gasteiger partial charge in [-0.1, -0.05) is 50.0 Å². The van der Waals surface area contributed by atoms with E-state index in [9.17, 15) is 0 Å². The Morgan fingerprint density at radius 2 is 1.76 bits per heavy atom. The second kappa shape index (κ2) is 8.70. The topological polar surface area (TPSA) is 3.24 Å². The third kappa shape index (κ3) is 5.06. The van der Waals surface area contributed by atoms with Gasteiger partial charge >= 0.3 is 0 Å². The monoisotopic (exact) mass is 281 g/mol. The molecule has 0 spiro atoms. The average Bonchev–Trinajstić information content (AvgIpc) is 2.54. The van der Waals surface area contributed by atoms with Gasteiger partial charge in [0.15, 0.2) is 0 Å². The van der Waals surface area contributed by atoms with Gasteiger partial charge in [0.2, 0.25) is 0 Å². The zero-order valence-electron chi connectivity index (χ0n) is 13.4. The number of allylic oxidation sites excluding steroid dienone is 1. The van der Waals surface area contributed by atoms with Crippen LogP contribution in [0.15, 0.2) is 42.0 Å². The van der Waals surface area contributed by atoms with Crippen molar-refractivity contribution in [2.75, 3.05) is 13.1 Å². The molecule has 0 radical (unpaired) electrons. The van der Waals surface area contributed by atoms with Gasteiger partial charge < -0.3 is 4.90 Å². The van der Waals surface area contributed by atoms with Crippen LogP contribution in [-0.4, -0.2) is 24.0 Å². The molecule has 0 fully saturated rings. The van der Waals surface area contributed by atoms with E-state index in [1.165, 1.54) is 44.3 Å². The molecule has 0 saturated carbocycles. The summed E-state index contributed by atoms with van der Waals surface area (Å²) in [6.07, 6.45) is 8.42. The number of nitrogens with zero attached hydrogens (tertiary/aromatic N) is 1. The first-order chi connectivity index (χ1) is 10.3. The van der Waals surface area contributed by atoms with Gasteiger partial charge in [-0.3, -0.25) is 0 Å². The van der Waals surface area contributed by atoms with Crippen molar-refractivity contribution in [3.05, 3.63) is 47.5 Å². The lowest BCUT2D eigenvalue weighted by Gasteiger charge is -2.32. The first kappa shape index (κ1) is 15.9. The number of hydrogen-bond acceptors (Lipinski definition) is 1. The molecule has 1 nitrogen and oxygen atoms in total. The fourth-order valence-electron chi connectivity index (χ4n) is 2.99. The second-order valence-electron chi connectivity index (χ2n) is 5.81. The molecular weight excluding hydrogens is 254 g/mol. The van der Waals surface area contributed by atoms with Crippen LogP contribution < -0.4 is 0 Å². The Balaban J connectivity index is 1.94. The molecule has 1 aromatic carbocycles. The Kier molecular flexibility index (Phi) is 6.57. The summed E-state index contributed by atoms with van der Waals surface area (Å²) in [7, 11) is 0. The summed E-state index contributed by atoms with van der Waals surface area (Å²) in [5.41, 5.74) is 2.43. The highest BCUT2D eigenvalue weighted by Gasteiger charge is 2.19. The molecule has 1 aliphatic carbocycles. The molecule has 1 aliphatic rings. The summed E-state index contributed by atoms with van der Waals surface area (Å²) in [4.78, 5) is 2.66. The normalized spacial score (nSPS) is 18.0. The minimum Gasteiger partial charge on any atom is -0.300 e. The van der Waals surface area contributed by atoms with Crippen molar-refractivity contribution in [3.8, 4) is 11.8 Å². The zero-order valence-corrected chi connectivity index (χ0v) is 13.4. The molecule has 1 heteroatoms. The van der Waals surface area contributed by atoms with E-state index in [0.29, 0.717) is 0 Å². The molecule has 112 valence electrons. The van der Waals surface area contributed by atoms with Gasteiger partial charge in [0, 0.05) is 11.6 Å². The van der Waals surface area contributed by atoms with E-state index in [2.05, 4.69) is 48.8 Å². The third-order valence-electron chi connectivity index (χ3n) is 4.06. The molecule has 0 bridgehead atoms. The second-order valence-corrected chi connectivity index (χ2v) is 5.81. The molecular formula is C20H27N. The highest BCUT2D eigenvalue weighted by atomic mass is 15.1. The minimum atomic E-state index is 0.729. The Hall–Kier alpha value is -1.52. The summed E-state index contributed by atoms with van der Waals surface area (Å²) in [6, 6.07) is 11.0. The largest absolute Gasteiger partial charge is 0.300 e. The number of benzene rings is 1. The van der Waals surface area contributed by atoms with Crippen LogP contribution in [0.4, 0.5) is 0 Å². The van der Waals surface area contributed by atoms with E-state index in [-0.39, 0.29) is 0 Å². The average molecular weight is 281 g/mol. The zero-order chi connectivity index (χ0) is 14.9. The highest BCUT2D eigenvalue weighted by molar-refractivity contribution is 5.41. The fraction of sp³-hybridized carbons (Fsp3) is 0.500. The molecule has 1 atom stereocenters. The quantitative estimate of drug-likeness (QED) is 0.711. The molecule has 21 heavy (non-hydrogen) atoms. The van der Waals surface area contributed by atoms with Gasteiger partial charge in [-0.05, 0) is 62.9 Å². The molecule has 1 aromatic rings. The van der Waals surface area contributed by atoms with Crippen molar-refractivity contribution in [2.24, 2.45) is 0 Å².